The fourth-order valence-corrected chi connectivity index (χ4v) is 3.18. The minimum absolute atomic E-state index is 0.195. The molecule has 2 rings (SSSR count). The molecule has 0 aliphatic carbocycles. The number of hydrogen-bond acceptors (Lipinski definition) is 3. The zero-order valence-corrected chi connectivity index (χ0v) is 16.0. The van der Waals surface area contributed by atoms with Gasteiger partial charge in [0.25, 0.3) is 0 Å². The van der Waals surface area contributed by atoms with Crippen LogP contribution in [-0.2, 0) is 4.74 Å². The SMILES string of the molecule is CCCCCC=CCC(O)C=Cc1cccc(C(CCO)CC2CO2)c1. The Morgan fingerprint density at radius 1 is 1.27 bits per heavy atom. The molecule has 3 atom stereocenters. The fraction of sp³-hybridized carbons (Fsp3) is 0.565. The van der Waals surface area contributed by atoms with Gasteiger partial charge in [0.2, 0.25) is 0 Å². The average Bonchev–Trinajstić information content (AvgIpc) is 3.47. The molecule has 1 aromatic rings. The van der Waals surface area contributed by atoms with Crippen LogP contribution >= 0.6 is 0 Å². The summed E-state index contributed by atoms with van der Waals surface area (Å²) < 4.78 is 5.35. The molecule has 1 aliphatic heterocycles. The third-order valence-electron chi connectivity index (χ3n) is 4.84. The van der Waals surface area contributed by atoms with E-state index < -0.39 is 6.10 Å². The van der Waals surface area contributed by atoms with Crippen molar-refractivity contribution < 1.29 is 14.9 Å². The number of ether oxygens (including phenoxy) is 1. The molecule has 144 valence electrons. The Morgan fingerprint density at radius 3 is 2.85 bits per heavy atom. The summed E-state index contributed by atoms with van der Waals surface area (Å²) in [5.74, 6) is 0.330. The van der Waals surface area contributed by atoms with Gasteiger partial charge in [-0.25, -0.2) is 0 Å². The second kappa shape index (κ2) is 12.1. The molecule has 3 unspecified atom stereocenters. The molecular formula is C23H34O3. The maximum Gasteiger partial charge on any atom is 0.0815 e. The van der Waals surface area contributed by atoms with Gasteiger partial charge in [-0.2, -0.15) is 0 Å². The van der Waals surface area contributed by atoms with Crippen LogP contribution in [0.3, 0.4) is 0 Å². The number of rotatable bonds is 13. The summed E-state index contributed by atoms with van der Waals surface area (Å²) in [6.07, 6.45) is 15.2. The van der Waals surface area contributed by atoms with Crippen LogP contribution < -0.4 is 0 Å². The summed E-state index contributed by atoms with van der Waals surface area (Å²) in [4.78, 5) is 0. The molecule has 3 heteroatoms. The number of aliphatic hydroxyl groups is 2. The summed E-state index contributed by atoms with van der Waals surface area (Å²) in [6, 6.07) is 8.38. The largest absolute Gasteiger partial charge is 0.396 e. The van der Waals surface area contributed by atoms with Gasteiger partial charge in [0, 0.05) is 6.61 Å². The first-order valence-electron chi connectivity index (χ1n) is 10.1. The van der Waals surface area contributed by atoms with E-state index in [1.54, 1.807) is 0 Å². The van der Waals surface area contributed by atoms with E-state index in [9.17, 15) is 10.2 Å². The van der Waals surface area contributed by atoms with Crippen LogP contribution in [0.25, 0.3) is 6.08 Å². The topological polar surface area (TPSA) is 53.0 Å². The van der Waals surface area contributed by atoms with E-state index in [-0.39, 0.29) is 6.61 Å². The third-order valence-corrected chi connectivity index (χ3v) is 4.84. The van der Waals surface area contributed by atoms with Crippen molar-refractivity contribution in [1.29, 1.82) is 0 Å². The van der Waals surface area contributed by atoms with E-state index in [0.29, 0.717) is 18.4 Å². The van der Waals surface area contributed by atoms with Crippen molar-refractivity contribution in [3.63, 3.8) is 0 Å². The Bertz CT molecular complexity index is 560. The smallest absolute Gasteiger partial charge is 0.0815 e. The summed E-state index contributed by atoms with van der Waals surface area (Å²) >= 11 is 0. The van der Waals surface area contributed by atoms with Crippen LogP contribution in [0.5, 0.6) is 0 Å². The molecule has 1 aromatic carbocycles. The van der Waals surface area contributed by atoms with Gasteiger partial charge in [-0.05, 0) is 49.1 Å². The fourth-order valence-electron chi connectivity index (χ4n) is 3.18. The first-order chi connectivity index (χ1) is 12.7. The molecule has 0 amide bonds. The van der Waals surface area contributed by atoms with E-state index in [2.05, 4.69) is 37.3 Å². The lowest BCUT2D eigenvalue weighted by atomic mass is 9.90. The zero-order chi connectivity index (χ0) is 18.6. The second-order valence-corrected chi connectivity index (χ2v) is 7.20. The van der Waals surface area contributed by atoms with E-state index in [0.717, 1.165) is 31.4 Å². The van der Waals surface area contributed by atoms with Gasteiger partial charge in [-0.1, -0.05) is 68.3 Å². The molecule has 1 heterocycles. The van der Waals surface area contributed by atoms with Crippen LogP contribution in [-0.4, -0.2) is 35.6 Å². The number of epoxide rings is 1. The predicted octanol–water partition coefficient (Wildman–Crippen LogP) is 4.84. The number of benzene rings is 1. The van der Waals surface area contributed by atoms with Gasteiger partial charge in [-0.3, -0.25) is 0 Å². The van der Waals surface area contributed by atoms with Crippen molar-refractivity contribution in [1.82, 2.24) is 0 Å². The van der Waals surface area contributed by atoms with Crippen molar-refractivity contribution in [3.8, 4) is 0 Å². The lowest BCUT2D eigenvalue weighted by Crippen LogP contribution is -2.05. The highest BCUT2D eigenvalue weighted by Gasteiger charge is 2.27. The third kappa shape index (κ3) is 8.31. The van der Waals surface area contributed by atoms with Gasteiger partial charge in [0.15, 0.2) is 0 Å². The highest BCUT2D eigenvalue weighted by atomic mass is 16.6. The van der Waals surface area contributed by atoms with Gasteiger partial charge >= 0.3 is 0 Å². The first-order valence-corrected chi connectivity index (χ1v) is 10.1. The van der Waals surface area contributed by atoms with Crippen molar-refractivity contribution >= 4 is 6.08 Å². The summed E-state index contributed by atoms with van der Waals surface area (Å²) in [7, 11) is 0. The van der Waals surface area contributed by atoms with Crippen LogP contribution in [0.2, 0.25) is 0 Å². The molecule has 0 spiro atoms. The van der Waals surface area contributed by atoms with E-state index in [1.807, 2.05) is 18.2 Å². The number of allylic oxidation sites excluding steroid dienone is 1. The molecule has 2 N–H and O–H groups in total. The van der Waals surface area contributed by atoms with Crippen LogP contribution in [0.4, 0.5) is 0 Å². The molecular weight excluding hydrogens is 324 g/mol. The van der Waals surface area contributed by atoms with Crippen molar-refractivity contribution in [2.45, 2.75) is 70.0 Å². The van der Waals surface area contributed by atoms with Crippen molar-refractivity contribution in [3.05, 3.63) is 53.6 Å². The molecule has 0 bridgehead atoms. The minimum atomic E-state index is -0.450. The lowest BCUT2D eigenvalue weighted by molar-refractivity contribution is 0.227. The maximum atomic E-state index is 10.1. The minimum Gasteiger partial charge on any atom is -0.396 e. The maximum absolute atomic E-state index is 10.1. The van der Waals surface area contributed by atoms with Crippen LogP contribution in [0.1, 0.15) is 68.9 Å². The highest BCUT2D eigenvalue weighted by Crippen LogP contribution is 2.30. The summed E-state index contributed by atoms with van der Waals surface area (Å²) in [5, 5.41) is 19.4. The van der Waals surface area contributed by atoms with E-state index in [4.69, 9.17) is 4.74 Å². The van der Waals surface area contributed by atoms with E-state index in [1.165, 1.54) is 24.8 Å². The first kappa shape index (κ1) is 20.9. The highest BCUT2D eigenvalue weighted by molar-refractivity contribution is 5.51. The predicted molar refractivity (Wildman–Crippen MR) is 108 cm³/mol. The molecule has 1 saturated heterocycles. The van der Waals surface area contributed by atoms with Crippen LogP contribution in [0, 0.1) is 0 Å². The monoisotopic (exact) mass is 358 g/mol. The Morgan fingerprint density at radius 2 is 2.12 bits per heavy atom. The standard InChI is InChI=1S/C23H34O3/c1-2-3-4-5-6-7-11-22(25)13-12-19-9-8-10-20(16-19)21(14-15-24)17-23-18-26-23/h6-10,12-13,16,21-25H,2-5,11,14-15,17-18H2,1H3. The Balaban J connectivity index is 1.84. The van der Waals surface area contributed by atoms with Crippen LogP contribution in [0.15, 0.2) is 42.5 Å². The number of unbranched alkanes of at least 4 members (excludes halogenated alkanes) is 3. The molecule has 1 fully saturated rings. The summed E-state index contributed by atoms with van der Waals surface area (Å²) in [5.41, 5.74) is 2.33. The lowest BCUT2D eigenvalue weighted by Gasteiger charge is -2.15. The Labute approximate surface area is 158 Å². The number of hydrogen-bond donors (Lipinski definition) is 2. The van der Waals surface area contributed by atoms with Gasteiger partial charge in [-0.15, -0.1) is 0 Å². The molecule has 0 saturated carbocycles. The quantitative estimate of drug-likeness (QED) is 0.301. The van der Waals surface area contributed by atoms with Gasteiger partial charge in [0.05, 0.1) is 18.8 Å². The van der Waals surface area contributed by atoms with Crippen molar-refractivity contribution in [2.24, 2.45) is 0 Å². The Hall–Kier alpha value is -1.42. The van der Waals surface area contributed by atoms with Gasteiger partial charge in [0.1, 0.15) is 0 Å². The molecule has 3 nitrogen and oxygen atoms in total. The van der Waals surface area contributed by atoms with E-state index >= 15 is 0 Å². The number of aliphatic hydroxyl groups excluding tert-OH is 2. The molecule has 0 aromatic heterocycles. The molecule has 1 aliphatic rings. The molecule has 0 radical (unpaired) electrons. The molecule has 26 heavy (non-hydrogen) atoms. The normalized spacial score (nSPS) is 19.3. The Kier molecular flexibility index (Phi) is 9.68. The van der Waals surface area contributed by atoms with Crippen molar-refractivity contribution in [2.75, 3.05) is 13.2 Å². The average molecular weight is 359 g/mol. The second-order valence-electron chi connectivity index (χ2n) is 7.20. The zero-order valence-electron chi connectivity index (χ0n) is 16.0. The van der Waals surface area contributed by atoms with Gasteiger partial charge < -0.3 is 14.9 Å². The summed E-state index contributed by atoms with van der Waals surface area (Å²) in [6.45, 7) is 3.25.